The van der Waals surface area contributed by atoms with Gasteiger partial charge in [0.15, 0.2) is 5.66 Å². The number of thioether (sulfide) groups is 1. The van der Waals surface area contributed by atoms with Crippen LogP contribution in [-0.4, -0.2) is 40.7 Å². The molecule has 1 saturated carbocycles. The molecule has 1 atom stereocenters. The van der Waals surface area contributed by atoms with E-state index in [0.29, 0.717) is 5.75 Å². The largest absolute Gasteiger partial charge is 0.494 e. The van der Waals surface area contributed by atoms with E-state index in [0.717, 1.165) is 73.6 Å². The van der Waals surface area contributed by atoms with Gasteiger partial charge in [0.1, 0.15) is 10.8 Å². The Hall–Kier alpha value is -1.82. The van der Waals surface area contributed by atoms with Gasteiger partial charge in [0.2, 0.25) is 5.91 Å². The van der Waals surface area contributed by atoms with E-state index in [1.807, 2.05) is 19.1 Å². The van der Waals surface area contributed by atoms with E-state index in [4.69, 9.17) is 14.7 Å². The van der Waals surface area contributed by atoms with Crippen molar-refractivity contribution in [3.8, 4) is 5.75 Å². The molecular formula is C24H35N3O2S. The fourth-order valence-electron chi connectivity index (χ4n) is 3.75. The molecule has 164 valence electrons. The SMILES string of the molecule is CCCCOc1ccc(C2=NC3(CCCCC3)N=C2SCC(=O)N[C@H](C)CC)cc1. The molecule has 1 amide bonds. The molecule has 30 heavy (non-hydrogen) atoms. The number of ether oxygens (including phenoxy) is 1. The fourth-order valence-corrected chi connectivity index (χ4v) is 4.63. The minimum atomic E-state index is -0.320. The summed E-state index contributed by atoms with van der Waals surface area (Å²) in [5.41, 5.74) is 1.66. The Morgan fingerprint density at radius 3 is 2.57 bits per heavy atom. The molecule has 0 bridgehead atoms. The molecule has 1 aliphatic carbocycles. The molecule has 0 aromatic heterocycles. The molecule has 1 N–H and O–H groups in total. The smallest absolute Gasteiger partial charge is 0.230 e. The highest BCUT2D eigenvalue weighted by atomic mass is 32.2. The first-order valence-electron chi connectivity index (χ1n) is 11.4. The third-order valence-electron chi connectivity index (χ3n) is 5.74. The van der Waals surface area contributed by atoms with E-state index in [1.165, 1.54) is 18.2 Å². The van der Waals surface area contributed by atoms with Gasteiger partial charge in [-0.25, -0.2) is 4.99 Å². The van der Waals surface area contributed by atoms with Crippen molar-refractivity contribution < 1.29 is 9.53 Å². The summed E-state index contributed by atoms with van der Waals surface area (Å²) in [5.74, 6) is 1.31. The predicted molar refractivity (Wildman–Crippen MR) is 127 cm³/mol. The van der Waals surface area contributed by atoms with Crippen LogP contribution in [-0.2, 0) is 4.79 Å². The number of unbranched alkanes of at least 4 members (excludes halogenated alkanes) is 1. The first-order valence-corrected chi connectivity index (χ1v) is 12.4. The minimum absolute atomic E-state index is 0.0562. The minimum Gasteiger partial charge on any atom is -0.494 e. The highest BCUT2D eigenvalue weighted by Gasteiger charge is 2.37. The first kappa shape index (κ1) is 22.9. The van der Waals surface area contributed by atoms with Gasteiger partial charge in [0, 0.05) is 11.6 Å². The maximum absolute atomic E-state index is 12.3. The Kier molecular flexibility index (Phi) is 8.37. The van der Waals surface area contributed by atoms with E-state index >= 15 is 0 Å². The summed E-state index contributed by atoms with van der Waals surface area (Å²) >= 11 is 1.51. The maximum Gasteiger partial charge on any atom is 0.230 e. The predicted octanol–water partition coefficient (Wildman–Crippen LogP) is 5.38. The van der Waals surface area contributed by atoms with E-state index in [1.54, 1.807) is 0 Å². The van der Waals surface area contributed by atoms with Crippen molar-refractivity contribution >= 4 is 28.4 Å². The van der Waals surface area contributed by atoms with Crippen LogP contribution in [0.1, 0.15) is 77.7 Å². The normalized spacial score (nSPS) is 18.6. The molecule has 0 saturated heterocycles. The number of amides is 1. The third-order valence-corrected chi connectivity index (χ3v) is 6.71. The zero-order chi connectivity index (χ0) is 21.4. The molecule has 6 heteroatoms. The van der Waals surface area contributed by atoms with Gasteiger partial charge in [0.25, 0.3) is 0 Å². The molecule has 5 nitrogen and oxygen atoms in total. The quantitative estimate of drug-likeness (QED) is 0.536. The summed E-state index contributed by atoms with van der Waals surface area (Å²) in [4.78, 5) is 22.5. The Balaban J connectivity index is 1.73. The number of nitrogens with one attached hydrogen (secondary N) is 1. The summed E-state index contributed by atoms with van der Waals surface area (Å²) in [6.07, 6.45) is 8.69. The van der Waals surface area contributed by atoms with Crippen LogP contribution in [0.5, 0.6) is 5.75 Å². The van der Waals surface area contributed by atoms with Crippen molar-refractivity contribution in [3.63, 3.8) is 0 Å². The van der Waals surface area contributed by atoms with Crippen LogP contribution < -0.4 is 10.1 Å². The van der Waals surface area contributed by atoms with Crippen molar-refractivity contribution in [2.24, 2.45) is 9.98 Å². The molecule has 1 aromatic carbocycles. The lowest BCUT2D eigenvalue weighted by Crippen LogP contribution is -2.33. The van der Waals surface area contributed by atoms with Gasteiger partial charge in [-0.05, 0) is 69.7 Å². The van der Waals surface area contributed by atoms with Gasteiger partial charge in [-0.1, -0.05) is 38.5 Å². The number of carbonyl (C=O) groups excluding carboxylic acids is 1. The fraction of sp³-hybridized carbons (Fsp3) is 0.625. The Morgan fingerprint density at radius 1 is 1.17 bits per heavy atom. The summed E-state index contributed by atoms with van der Waals surface area (Å²) in [6, 6.07) is 8.35. The second-order valence-corrected chi connectivity index (χ2v) is 9.28. The zero-order valence-electron chi connectivity index (χ0n) is 18.6. The van der Waals surface area contributed by atoms with Crippen LogP contribution >= 0.6 is 11.8 Å². The van der Waals surface area contributed by atoms with Crippen LogP contribution in [0.15, 0.2) is 34.3 Å². The third kappa shape index (κ3) is 6.10. The van der Waals surface area contributed by atoms with Gasteiger partial charge < -0.3 is 10.1 Å². The number of hydrogen-bond acceptors (Lipinski definition) is 5. The van der Waals surface area contributed by atoms with Gasteiger partial charge in [-0.15, -0.1) is 0 Å². The molecular weight excluding hydrogens is 394 g/mol. The lowest BCUT2D eigenvalue weighted by atomic mass is 9.90. The van der Waals surface area contributed by atoms with Gasteiger partial charge in [0.05, 0.1) is 18.1 Å². The number of hydrogen-bond donors (Lipinski definition) is 1. The summed E-state index contributed by atoms with van der Waals surface area (Å²) in [7, 11) is 0. The number of aliphatic imine (C=N–C) groups is 2. The molecule has 3 rings (SSSR count). The monoisotopic (exact) mass is 429 g/mol. The molecule has 1 heterocycles. The van der Waals surface area contributed by atoms with Crippen molar-refractivity contribution in [1.29, 1.82) is 0 Å². The van der Waals surface area contributed by atoms with Gasteiger partial charge >= 0.3 is 0 Å². The first-order chi connectivity index (χ1) is 14.5. The standard InChI is InChI=1S/C24H35N3O2S/c1-4-6-16-29-20-12-10-19(11-13-20)22-23(30-17-21(28)25-18(3)5-2)27-24(26-22)14-8-7-9-15-24/h10-13,18H,4-9,14-17H2,1-3H3,(H,25,28)/t18-/m1/s1. The molecule has 0 radical (unpaired) electrons. The van der Waals surface area contributed by atoms with Crippen molar-refractivity contribution in [3.05, 3.63) is 29.8 Å². The van der Waals surface area contributed by atoms with Crippen molar-refractivity contribution in [1.82, 2.24) is 5.32 Å². The molecule has 0 unspecified atom stereocenters. The van der Waals surface area contributed by atoms with Crippen LogP contribution in [0.4, 0.5) is 0 Å². The van der Waals surface area contributed by atoms with E-state index in [-0.39, 0.29) is 17.6 Å². The summed E-state index contributed by atoms with van der Waals surface area (Å²) in [6.45, 7) is 7.01. The van der Waals surface area contributed by atoms with Crippen LogP contribution in [0.3, 0.4) is 0 Å². The topological polar surface area (TPSA) is 63.1 Å². The molecule has 1 fully saturated rings. The molecule has 1 spiro atoms. The zero-order valence-corrected chi connectivity index (χ0v) is 19.4. The van der Waals surface area contributed by atoms with Crippen LogP contribution in [0, 0.1) is 0 Å². The van der Waals surface area contributed by atoms with E-state index in [2.05, 4.69) is 31.3 Å². The molecule has 1 aliphatic heterocycles. The van der Waals surface area contributed by atoms with Crippen molar-refractivity contribution in [2.45, 2.75) is 83.8 Å². The second kappa shape index (κ2) is 11.0. The second-order valence-electron chi connectivity index (χ2n) is 8.31. The number of rotatable bonds is 9. The van der Waals surface area contributed by atoms with Crippen LogP contribution in [0.2, 0.25) is 0 Å². The van der Waals surface area contributed by atoms with E-state index in [9.17, 15) is 4.79 Å². The Labute approximate surface area is 185 Å². The lowest BCUT2D eigenvalue weighted by Gasteiger charge is -2.27. The van der Waals surface area contributed by atoms with Gasteiger partial charge in [-0.3, -0.25) is 9.79 Å². The van der Waals surface area contributed by atoms with Crippen LogP contribution in [0.25, 0.3) is 0 Å². The number of benzene rings is 1. The summed E-state index contributed by atoms with van der Waals surface area (Å²) in [5, 5.41) is 3.94. The maximum atomic E-state index is 12.3. The molecule has 2 aliphatic rings. The number of carbonyl (C=O) groups is 1. The average molecular weight is 430 g/mol. The highest BCUT2D eigenvalue weighted by Crippen LogP contribution is 2.38. The number of nitrogens with zero attached hydrogens (tertiary/aromatic N) is 2. The molecule has 1 aromatic rings. The Morgan fingerprint density at radius 2 is 1.90 bits per heavy atom. The van der Waals surface area contributed by atoms with Crippen molar-refractivity contribution in [2.75, 3.05) is 12.4 Å². The van der Waals surface area contributed by atoms with E-state index < -0.39 is 0 Å². The lowest BCUT2D eigenvalue weighted by molar-refractivity contribution is -0.119. The Bertz CT molecular complexity index is 767. The average Bonchev–Trinajstić information content (AvgIpc) is 3.11. The van der Waals surface area contributed by atoms with Gasteiger partial charge in [-0.2, -0.15) is 0 Å². The highest BCUT2D eigenvalue weighted by molar-refractivity contribution is 8.16. The summed E-state index contributed by atoms with van der Waals surface area (Å²) < 4.78 is 5.80.